The normalized spacial score (nSPS) is 11.8. The van der Waals surface area contributed by atoms with Crippen LogP contribution in [0.4, 0.5) is 0 Å². The van der Waals surface area contributed by atoms with Gasteiger partial charge >= 0.3 is 0 Å². The van der Waals surface area contributed by atoms with E-state index in [2.05, 4.69) is 8.71 Å². The van der Waals surface area contributed by atoms with Crippen LogP contribution in [-0.2, 0) is 23.4 Å². The van der Waals surface area contributed by atoms with Crippen LogP contribution in [-0.4, -0.2) is 42.2 Å². The predicted octanol–water partition coefficient (Wildman–Crippen LogP) is 0.763. The van der Waals surface area contributed by atoms with Gasteiger partial charge in [-0.2, -0.15) is 8.42 Å². The highest BCUT2D eigenvalue weighted by Crippen LogP contribution is 2.35. The molecule has 0 heterocycles. The molecule has 0 spiro atoms. The molecule has 5 nitrogen and oxygen atoms in total. The smallest absolute Gasteiger partial charge is 0.264 e. The highest BCUT2D eigenvalue weighted by Gasteiger charge is 1.99. The third-order valence-electron chi connectivity index (χ3n) is 0.742. The van der Waals surface area contributed by atoms with E-state index in [1.54, 1.807) is 13.3 Å². The van der Waals surface area contributed by atoms with Crippen LogP contribution in [0.15, 0.2) is 0 Å². The predicted molar refractivity (Wildman–Crippen MR) is 48.3 cm³/mol. The minimum atomic E-state index is -3.16. The first-order valence-corrected chi connectivity index (χ1v) is 7.32. The van der Waals surface area contributed by atoms with Gasteiger partial charge in [-0.25, -0.2) is 0 Å². The Hall–Kier alpha value is 0.100. The zero-order valence-corrected chi connectivity index (χ0v) is 9.61. The van der Waals surface area contributed by atoms with Gasteiger partial charge < -0.3 is 4.52 Å². The van der Waals surface area contributed by atoms with Crippen LogP contribution in [0.1, 0.15) is 0 Å². The molecule has 0 amide bonds. The van der Waals surface area contributed by atoms with E-state index in [0.717, 1.165) is 13.4 Å². The second-order valence-corrected chi connectivity index (χ2v) is 6.92. The Balaban J connectivity index is 0. The van der Waals surface area contributed by atoms with Crippen molar-refractivity contribution in [2.45, 2.75) is 0 Å². The lowest BCUT2D eigenvalue weighted by molar-refractivity contribution is 0.402. The first-order valence-electron chi connectivity index (χ1n) is 2.98. The fourth-order valence-corrected chi connectivity index (χ4v) is 0. The number of hydrogen-bond donors (Lipinski definition) is 0. The van der Waals surface area contributed by atoms with Crippen molar-refractivity contribution >= 4 is 17.5 Å². The van der Waals surface area contributed by atoms with Crippen LogP contribution in [0.25, 0.3) is 0 Å². The lowest BCUT2D eigenvalue weighted by Crippen LogP contribution is -1.95. The first-order chi connectivity index (χ1) is 5.12. The third kappa shape index (κ3) is 22.5. The van der Waals surface area contributed by atoms with Gasteiger partial charge in [0.2, 0.25) is 0 Å². The van der Waals surface area contributed by atoms with E-state index in [0.29, 0.717) is 0 Å². The minimum Gasteiger partial charge on any atom is -0.332 e. The zero-order chi connectivity index (χ0) is 10.4. The molecule has 76 valence electrons. The van der Waals surface area contributed by atoms with Crippen LogP contribution < -0.4 is 0 Å². The summed E-state index contributed by atoms with van der Waals surface area (Å²) in [5.41, 5.74) is 0. The van der Waals surface area contributed by atoms with Crippen molar-refractivity contribution in [2.24, 2.45) is 0 Å². The Bertz CT molecular complexity index is 239. The molecule has 7 heteroatoms. The van der Waals surface area contributed by atoms with E-state index in [1.165, 1.54) is 7.11 Å². The van der Waals surface area contributed by atoms with Crippen molar-refractivity contribution < 1.29 is 21.7 Å². The van der Waals surface area contributed by atoms with Crippen molar-refractivity contribution in [1.82, 2.24) is 0 Å². The van der Waals surface area contributed by atoms with E-state index in [1.807, 2.05) is 0 Å². The van der Waals surface area contributed by atoms with Gasteiger partial charge in [0.1, 0.15) is 0 Å². The largest absolute Gasteiger partial charge is 0.332 e. The van der Waals surface area contributed by atoms with Gasteiger partial charge in [-0.05, 0) is 0 Å². The van der Waals surface area contributed by atoms with Crippen molar-refractivity contribution in [3.8, 4) is 0 Å². The topological polar surface area (TPSA) is 69.7 Å². The molecule has 0 N–H and O–H groups in total. The van der Waals surface area contributed by atoms with E-state index in [4.69, 9.17) is 0 Å². The molecule has 0 aliphatic rings. The fraction of sp³-hybridized carbons (Fsp3) is 1.00. The summed E-state index contributed by atoms with van der Waals surface area (Å²) in [6.07, 6.45) is 0.993. The highest BCUT2D eigenvalue weighted by molar-refractivity contribution is 7.85. The molecule has 0 aliphatic heterocycles. The lowest BCUT2D eigenvalue weighted by atomic mass is 11.8. The van der Waals surface area contributed by atoms with E-state index >= 15 is 0 Å². The maximum Gasteiger partial charge on any atom is 0.264 e. The quantitative estimate of drug-likeness (QED) is 0.505. The average molecular weight is 218 g/mol. The van der Waals surface area contributed by atoms with E-state index < -0.39 is 17.5 Å². The second kappa shape index (κ2) is 5.70. The Labute approximate surface area is 73.6 Å². The van der Waals surface area contributed by atoms with Crippen molar-refractivity contribution in [3.05, 3.63) is 0 Å². The molecule has 0 rings (SSSR count). The molecule has 0 aliphatic carbocycles. The van der Waals surface area contributed by atoms with Gasteiger partial charge in [-0.1, -0.05) is 0 Å². The Kier molecular flexibility index (Phi) is 6.94. The zero-order valence-electron chi connectivity index (χ0n) is 7.90. The molecule has 0 bridgehead atoms. The maximum absolute atomic E-state index is 10.4. The van der Waals surface area contributed by atoms with Crippen molar-refractivity contribution in [1.29, 1.82) is 0 Å². The molecule has 0 fully saturated rings. The maximum atomic E-state index is 10.4. The number of hydrogen-bond acceptors (Lipinski definition) is 5. The van der Waals surface area contributed by atoms with Crippen LogP contribution in [0.3, 0.4) is 0 Å². The third-order valence-corrected chi connectivity index (χ3v) is 2.23. The Morgan fingerprint density at radius 3 is 1.33 bits per heavy atom. The molecule has 0 aromatic heterocycles. The SMILES string of the molecule is COP(C)(C)=O.COS(C)(=O)=O. The summed E-state index contributed by atoms with van der Waals surface area (Å²) < 4.78 is 38.3. The Morgan fingerprint density at radius 2 is 1.33 bits per heavy atom. The van der Waals surface area contributed by atoms with E-state index in [9.17, 15) is 13.0 Å². The molecular formula is C5H15O5PS. The molecular weight excluding hydrogens is 203 g/mol. The van der Waals surface area contributed by atoms with Crippen molar-refractivity contribution in [3.63, 3.8) is 0 Å². The van der Waals surface area contributed by atoms with Gasteiger partial charge in [0, 0.05) is 20.4 Å². The average Bonchev–Trinajstić information content (AvgIpc) is 1.86. The summed E-state index contributed by atoms with van der Waals surface area (Å²) in [5, 5.41) is 0. The van der Waals surface area contributed by atoms with Crippen molar-refractivity contribution in [2.75, 3.05) is 33.8 Å². The van der Waals surface area contributed by atoms with Gasteiger partial charge in [0.15, 0.2) is 7.37 Å². The van der Waals surface area contributed by atoms with Gasteiger partial charge in [-0.15, -0.1) is 0 Å². The molecule has 0 saturated carbocycles. The van der Waals surface area contributed by atoms with E-state index in [-0.39, 0.29) is 0 Å². The molecule has 0 saturated heterocycles. The van der Waals surface area contributed by atoms with Crippen LogP contribution in [0.2, 0.25) is 0 Å². The van der Waals surface area contributed by atoms with Crippen LogP contribution >= 0.6 is 7.37 Å². The van der Waals surface area contributed by atoms with Crippen LogP contribution in [0.5, 0.6) is 0 Å². The van der Waals surface area contributed by atoms with Gasteiger partial charge in [-0.3, -0.25) is 8.75 Å². The second-order valence-electron chi connectivity index (χ2n) is 2.31. The highest BCUT2D eigenvalue weighted by atomic mass is 32.2. The molecule has 0 atom stereocenters. The molecule has 0 aromatic rings. The van der Waals surface area contributed by atoms with Gasteiger partial charge in [0.25, 0.3) is 10.1 Å². The first kappa shape index (κ1) is 14.6. The minimum absolute atomic E-state index is 0.993. The monoisotopic (exact) mass is 218 g/mol. The summed E-state index contributed by atoms with van der Waals surface area (Å²) in [5.74, 6) is 0. The lowest BCUT2D eigenvalue weighted by Gasteiger charge is -1.98. The summed E-state index contributed by atoms with van der Waals surface area (Å²) in [4.78, 5) is 0. The fourth-order valence-electron chi connectivity index (χ4n) is 0. The summed E-state index contributed by atoms with van der Waals surface area (Å²) in [7, 11) is -2.74. The molecule has 12 heavy (non-hydrogen) atoms. The summed E-state index contributed by atoms with van der Waals surface area (Å²) in [6.45, 7) is 3.15. The van der Waals surface area contributed by atoms with Crippen LogP contribution in [0, 0.1) is 0 Å². The molecule has 0 aromatic carbocycles. The summed E-state index contributed by atoms with van der Waals surface area (Å²) >= 11 is 0. The Morgan fingerprint density at radius 1 is 1.17 bits per heavy atom. The molecule has 0 radical (unpaired) electrons. The number of rotatable bonds is 2. The van der Waals surface area contributed by atoms with Gasteiger partial charge in [0.05, 0.1) is 13.4 Å². The summed E-state index contributed by atoms with van der Waals surface area (Å²) in [6, 6.07) is 0. The standard InChI is InChI=1S/C3H9O2P.C2H6O3S/c2*1-5-6(2,3)4/h1-3H3;1-2H3. The molecule has 0 unspecified atom stereocenters.